The topological polar surface area (TPSA) is 194 Å². The van der Waals surface area contributed by atoms with Crippen molar-refractivity contribution in [1.82, 2.24) is 24.8 Å². The molecule has 5 fully saturated rings. The highest BCUT2D eigenvalue weighted by Gasteiger charge is 2.61. The number of carbonyl (C=O) groups is 3. The fraction of sp³-hybridized carbons (Fsp3) is 0.711. The van der Waals surface area contributed by atoms with E-state index in [-0.39, 0.29) is 50.7 Å². The molecular formula is C45H63BrN6O11. The van der Waals surface area contributed by atoms with E-state index >= 15 is 0 Å². The van der Waals surface area contributed by atoms with E-state index in [0.29, 0.717) is 35.8 Å². The number of nitrogens with zero attached hydrogens (tertiary/aromatic N) is 6. The van der Waals surface area contributed by atoms with Crippen LogP contribution >= 0.6 is 15.9 Å². The minimum Gasteiger partial charge on any atom is -0.458 e. The smallest absolute Gasteiger partial charge is 0.411 e. The molecule has 0 radical (unpaired) electrons. The van der Waals surface area contributed by atoms with E-state index < -0.39 is 89.6 Å². The Bertz CT molecular complexity index is 2010. The Labute approximate surface area is 378 Å². The van der Waals surface area contributed by atoms with Crippen molar-refractivity contribution in [2.45, 2.75) is 141 Å². The number of cyclic esters (lactones) is 1. The second-order valence-corrected chi connectivity index (χ2v) is 19.7. The molecule has 0 spiro atoms. The van der Waals surface area contributed by atoms with Gasteiger partial charge in [-0.25, -0.2) is 19.7 Å². The van der Waals surface area contributed by atoms with Crippen LogP contribution in [0.1, 0.15) is 80.3 Å². The largest absolute Gasteiger partial charge is 0.458 e. The predicted molar refractivity (Wildman–Crippen MR) is 232 cm³/mol. The number of aliphatic hydroxyl groups is 1. The van der Waals surface area contributed by atoms with Gasteiger partial charge in [-0.15, -0.1) is 0 Å². The first-order valence-corrected chi connectivity index (χ1v) is 22.9. The van der Waals surface area contributed by atoms with E-state index in [4.69, 9.17) is 43.4 Å². The highest BCUT2D eigenvalue weighted by Crippen LogP contribution is 2.45. The van der Waals surface area contributed by atoms with Crippen LogP contribution < -0.4 is 0 Å². The Morgan fingerprint density at radius 2 is 1.78 bits per heavy atom. The van der Waals surface area contributed by atoms with Crippen molar-refractivity contribution in [3.8, 4) is 11.5 Å². The number of fused-ring (bicyclic) bond motifs is 5. The van der Waals surface area contributed by atoms with Crippen molar-refractivity contribution < 1.29 is 52.7 Å². The summed E-state index contributed by atoms with van der Waals surface area (Å²) in [6, 6.07) is 4.31. The van der Waals surface area contributed by atoms with E-state index in [1.165, 1.54) is 4.90 Å². The lowest BCUT2D eigenvalue weighted by atomic mass is 9.73. The number of Topliss-reactive ketones (excluding diaryl/α,β-unsaturated/α-hetero) is 1. The minimum atomic E-state index is -1.42. The maximum absolute atomic E-state index is 14.9. The van der Waals surface area contributed by atoms with Gasteiger partial charge in [-0.05, 0) is 89.1 Å². The van der Waals surface area contributed by atoms with Gasteiger partial charge in [-0.1, -0.05) is 38.9 Å². The molecule has 5 aliphatic rings. The SMILES string of the molecule is CC[C@H]1OC(=O)[C@H](C)[C@H]2OCC3COC(C)(C[C@@H](C)C(=O)[C@H](C)[C@@H]4N(C/C3=N/OCc3cccc(-c5ncc(Br)cn5)n3)C(=O)OC41C)[C@H](O[C@@H]1O[C@H](C)C[C@H](N(C)C)[C@H]1O)[C@H]2C. The number of rotatable bonds is 8. The van der Waals surface area contributed by atoms with Gasteiger partial charge in [0.15, 0.2) is 24.3 Å². The van der Waals surface area contributed by atoms with Gasteiger partial charge in [0.05, 0.1) is 71.5 Å². The number of amides is 1. The molecule has 1 amide bonds. The summed E-state index contributed by atoms with van der Waals surface area (Å²) in [5, 5.41) is 16.5. The van der Waals surface area contributed by atoms with Gasteiger partial charge < -0.3 is 43.3 Å². The summed E-state index contributed by atoms with van der Waals surface area (Å²) in [6.45, 7) is 14.7. The molecule has 0 aliphatic carbocycles. The molecule has 63 heavy (non-hydrogen) atoms. The van der Waals surface area contributed by atoms with Crippen LogP contribution in [0.2, 0.25) is 0 Å². The molecule has 0 saturated carbocycles. The molecule has 15 atom stereocenters. The number of likely N-dealkylation sites (N-methyl/N-ethyl adjacent to an activating group) is 1. The summed E-state index contributed by atoms with van der Waals surface area (Å²) in [7, 11) is 3.82. The van der Waals surface area contributed by atoms with E-state index in [9.17, 15) is 19.5 Å². The van der Waals surface area contributed by atoms with E-state index in [1.807, 2.05) is 59.7 Å². The molecule has 5 aliphatic heterocycles. The zero-order chi connectivity index (χ0) is 45.5. The minimum absolute atomic E-state index is 0.00906. The number of pyridine rings is 1. The van der Waals surface area contributed by atoms with Crippen molar-refractivity contribution in [2.75, 3.05) is 33.9 Å². The molecule has 2 aromatic heterocycles. The summed E-state index contributed by atoms with van der Waals surface area (Å²) in [6.07, 6.45) is -1.22. The van der Waals surface area contributed by atoms with Crippen LogP contribution in [0.25, 0.3) is 11.5 Å². The zero-order valence-corrected chi connectivity index (χ0v) is 39.5. The molecule has 18 heteroatoms. The molecule has 346 valence electrons. The highest BCUT2D eigenvalue weighted by atomic mass is 79.9. The Morgan fingerprint density at radius 3 is 2.48 bits per heavy atom. The van der Waals surface area contributed by atoms with Crippen LogP contribution in [0.15, 0.2) is 40.2 Å². The zero-order valence-electron chi connectivity index (χ0n) is 37.9. The Morgan fingerprint density at radius 1 is 1.05 bits per heavy atom. The van der Waals surface area contributed by atoms with Gasteiger partial charge in [0.25, 0.3) is 0 Å². The second kappa shape index (κ2) is 19.1. The number of halogens is 1. The Balaban J connectivity index is 1.35. The molecule has 7 heterocycles. The van der Waals surface area contributed by atoms with Gasteiger partial charge in [-0.3, -0.25) is 14.5 Å². The van der Waals surface area contributed by atoms with Crippen LogP contribution in [0.5, 0.6) is 0 Å². The van der Waals surface area contributed by atoms with Crippen molar-refractivity contribution in [1.29, 1.82) is 0 Å². The first-order valence-electron chi connectivity index (χ1n) is 22.1. The molecule has 0 aromatic carbocycles. The van der Waals surface area contributed by atoms with Gasteiger partial charge in [0, 0.05) is 42.1 Å². The number of aromatic nitrogens is 3. The van der Waals surface area contributed by atoms with Gasteiger partial charge >= 0.3 is 12.1 Å². The van der Waals surface area contributed by atoms with Gasteiger partial charge in [0.1, 0.15) is 23.7 Å². The van der Waals surface area contributed by atoms with Crippen LogP contribution in [-0.4, -0.2) is 147 Å². The summed E-state index contributed by atoms with van der Waals surface area (Å²) in [5.41, 5.74) is -1.13. The average molecular weight is 944 g/mol. The van der Waals surface area contributed by atoms with Crippen molar-refractivity contribution in [3.05, 3.63) is 40.8 Å². The van der Waals surface area contributed by atoms with Gasteiger partial charge in [0.2, 0.25) is 0 Å². The number of hydrogen-bond acceptors (Lipinski definition) is 16. The first kappa shape index (κ1) is 47.3. The summed E-state index contributed by atoms with van der Waals surface area (Å²) in [4.78, 5) is 66.7. The molecule has 6 bridgehead atoms. The third-order valence-electron chi connectivity index (χ3n) is 13.8. The molecular weight excluding hydrogens is 880 g/mol. The van der Waals surface area contributed by atoms with E-state index in [1.54, 1.807) is 45.3 Å². The van der Waals surface area contributed by atoms with E-state index in [0.717, 1.165) is 4.47 Å². The maximum Gasteiger partial charge on any atom is 0.411 e. The van der Waals surface area contributed by atoms with Gasteiger partial charge in [-0.2, -0.15) is 0 Å². The predicted octanol–water partition coefficient (Wildman–Crippen LogP) is 5.21. The number of ether oxygens (including phenoxy) is 6. The monoisotopic (exact) mass is 942 g/mol. The lowest BCUT2D eigenvalue weighted by Gasteiger charge is -2.48. The number of aliphatic hydroxyl groups excluding tert-OH is 1. The Kier molecular flexibility index (Phi) is 14.3. The molecule has 1 N–H and O–H groups in total. The summed E-state index contributed by atoms with van der Waals surface area (Å²) < 4.78 is 40.6. The lowest BCUT2D eigenvalue weighted by molar-refractivity contribution is -0.302. The standard InChI is InChI=1S/C45H63BrN6O11/c1-11-34-45(8)38-25(4)35(53)23(2)16-44(7)39(62-42-36(54)33(51(9)10)15-24(3)60-42)26(5)37(27(6)41(55)61-34)57-20-28(21-58-44)32(19-52(38)43(56)63-45)50-59-22-30-13-12-14-31(49-30)40-47-17-29(46)18-48-40/h12-14,17-18,23-28,33-34,36-39,42,54H,11,15-16,19-22H2,1-10H3/b50-32-/t23-,24-,25+,26+,27-,28?,33+,34-,36-,37+,38+,39-,42+,44?,45?/m1/s1. The van der Waals surface area contributed by atoms with Crippen molar-refractivity contribution >= 4 is 39.5 Å². The first-order chi connectivity index (χ1) is 29.8. The number of esters is 1. The molecule has 7 rings (SSSR count). The molecule has 3 unspecified atom stereocenters. The normalized spacial score (nSPS) is 39.6. The third kappa shape index (κ3) is 9.54. The van der Waals surface area contributed by atoms with Crippen LogP contribution in [0.4, 0.5) is 4.79 Å². The van der Waals surface area contributed by atoms with Crippen LogP contribution in [0.3, 0.4) is 0 Å². The van der Waals surface area contributed by atoms with Crippen molar-refractivity contribution in [2.24, 2.45) is 34.7 Å². The Hall–Kier alpha value is -3.65. The number of oxime groups is 1. The van der Waals surface area contributed by atoms with Crippen LogP contribution in [0, 0.1) is 29.6 Å². The number of hydrogen-bond donors (Lipinski definition) is 1. The fourth-order valence-electron chi connectivity index (χ4n) is 10.5. The summed E-state index contributed by atoms with van der Waals surface area (Å²) >= 11 is 3.37. The number of carbonyl (C=O) groups excluding carboxylic acids is 3. The maximum atomic E-state index is 14.9. The van der Waals surface area contributed by atoms with Crippen molar-refractivity contribution in [3.63, 3.8) is 0 Å². The van der Waals surface area contributed by atoms with Crippen LogP contribution in [-0.2, 0) is 49.5 Å². The lowest BCUT2D eigenvalue weighted by Crippen LogP contribution is -2.61. The number of ketones is 1. The highest BCUT2D eigenvalue weighted by molar-refractivity contribution is 9.10. The average Bonchev–Trinajstić information content (AvgIpc) is 3.52. The fourth-order valence-corrected chi connectivity index (χ4v) is 10.7. The molecule has 5 saturated heterocycles. The molecule has 17 nitrogen and oxygen atoms in total. The molecule has 2 aromatic rings. The third-order valence-corrected chi connectivity index (χ3v) is 14.2. The summed E-state index contributed by atoms with van der Waals surface area (Å²) in [5.74, 6) is -3.70. The quantitative estimate of drug-likeness (QED) is 0.268. The second-order valence-electron chi connectivity index (χ2n) is 18.7. The van der Waals surface area contributed by atoms with E-state index in [2.05, 4.69) is 25.9 Å².